The monoisotopic (exact) mass is 398 g/mol. The normalized spacial score (nSPS) is 12.1. The molecule has 1 aromatic rings. The Labute approximate surface area is 163 Å². The van der Waals surface area contributed by atoms with Crippen LogP contribution in [0.4, 0.5) is 9.59 Å². The molecule has 0 bridgehead atoms. The Morgan fingerprint density at radius 3 is 2.07 bits per heavy atom. The maximum absolute atomic E-state index is 11.7. The quantitative estimate of drug-likeness (QED) is 0.259. The summed E-state index contributed by atoms with van der Waals surface area (Å²) in [4.78, 5) is 32.8. The van der Waals surface area contributed by atoms with Crippen molar-refractivity contribution in [3.63, 3.8) is 0 Å². The molecule has 27 heavy (non-hydrogen) atoms. The number of rotatable bonds is 3. The van der Waals surface area contributed by atoms with Crippen molar-refractivity contribution in [2.75, 3.05) is 0 Å². The lowest BCUT2D eigenvalue weighted by atomic mass is 10.2. The minimum atomic E-state index is -0.973. The molecule has 1 rings (SSSR count). The van der Waals surface area contributed by atoms with Crippen LogP contribution in [0.2, 0.25) is 0 Å². The van der Waals surface area contributed by atoms with E-state index in [0.29, 0.717) is 5.75 Å². The van der Waals surface area contributed by atoms with Crippen molar-refractivity contribution >= 4 is 29.2 Å². The van der Waals surface area contributed by atoms with Crippen molar-refractivity contribution in [2.45, 2.75) is 58.5 Å². The van der Waals surface area contributed by atoms with Gasteiger partial charge in [0.2, 0.25) is 5.17 Å². The van der Waals surface area contributed by atoms with Crippen LogP contribution in [-0.4, -0.2) is 28.7 Å². The van der Waals surface area contributed by atoms with E-state index < -0.39 is 23.5 Å². The number of oxime groups is 1. The van der Waals surface area contributed by atoms with Crippen molar-refractivity contribution in [3.05, 3.63) is 35.9 Å². The van der Waals surface area contributed by atoms with E-state index in [9.17, 15) is 9.59 Å². The number of ether oxygens (including phenoxy) is 2. The minimum absolute atomic E-state index is 0.0515. The second-order valence-corrected chi connectivity index (χ2v) is 8.36. The molecular weight excluding hydrogens is 372 g/mol. The lowest BCUT2D eigenvalue weighted by Gasteiger charge is -2.19. The molecule has 0 aromatic heterocycles. The highest BCUT2D eigenvalue weighted by atomic mass is 32.2. The van der Waals surface area contributed by atoms with Gasteiger partial charge < -0.3 is 14.3 Å². The summed E-state index contributed by atoms with van der Waals surface area (Å²) >= 11 is 1.17. The van der Waals surface area contributed by atoms with Gasteiger partial charge in [-0.25, -0.2) is 9.59 Å². The number of amidine groups is 1. The minimum Gasteiger partial charge on any atom is -0.427 e. The summed E-state index contributed by atoms with van der Waals surface area (Å²) in [5.41, 5.74) is 1.92. The number of carbonyl (C=O) groups is 2. The van der Waals surface area contributed by atoms with Gasteiger partial charge in [0, 0.05) is 5.75 Å². The zero-order chi connectivity index (χ0) is 20.5. The number of hydrogen-bond acceptors (Lipinski definition) is 8. The summed E-state index contributed by atoms with van der Waals surface area (Å²) in [6.45, 7) is 10.2. The molecule has 0 amide bonds. The van der Waals surface area contributed by atoms with Gasteiger partial charge in [-0.05, 0) is 52.3 Å². The van der Waals surface area contributed by atoms with Crippen molar-refractivity contribution < 1.29 is 28.7 Å². The molecule has 0 spiro atoms. The molecule has 0 saturated carbocycles. The third kappa shape index (κ3) is 11.7. The highest BCUT2D eigenvalue weighted by Crippen LogP contribution is 2.14. The predicted octanol–water partition coefficient (Wildman–Crippen LogP) is 4.60. The maximum atomic E-state index is 11.7. The van der Waals surface area contributed by atoms with E-state index in [2.05, 4.69) is 10.6 Å². The molecule has 0 saturated heterocycles. The van der Waals surface area contributed by atoms with Gasteiger partial charge in [-0.2, -0.15) is 5.48 Å². The first-order valence-corrected chi connectivity index (χ1v) is 9.24. The lowest BCUT2D eigenvalue weighted by Crippen LogP contribution is -2.31. The fraction of sp³-hybridized carbons (Fsp3) is 0.500. The van der Waals surface area contributed by atoms with Gasteiger partial charge in [0.15, 0.2) is 0 Å². The smallest absolute Gasteiger partial charge is 0.427 e. The molecule has 0 aliphatic rings. The summed E-state index contributed by atoms with van der Waals surface area (Å²) in [5.74, 6) is 0.502. The highest BCUT2D eigenvalue weighted by molar-refractivity contribution is 8.13. The number of nitrogens with one attached hydrogen (secondary N) is 1. The molecule has 0 atom stereocenters. The molecule has 9 heteroatoms. The first-order chi connectivity index (χ1) is 12.4. The molecule has 1 N–H and O–H groups in total. The Morgan fingerprint density at radius 1 is 0.963 bits per heavy atom. The highest BCUT2D eigenvalue weighted by Gasteiger charge is 2.20. The largest absolute Gasteiger partial charge is 0.535 e. The third-order valence-corrected chi connectivity index (χ3v) is 3.33. The molecular formula is C18H26N2O6S. The number of benzene rings is 1. The van der Waals surface area contributed by atoms with Crippen LogP contribution in [0.15, 0.2) is 35.5 Å². The van der Waals surface area contributed by atoms with Crippen LogP contribution >= 0.6 is 11.8 Å². The summed E-state index contributed by atoms with van der Waals surface area (Å²) < 4.78 is 10.0. The predicted molar refractivity (Wildman–Crippen MR) is 103 cm³/mol. The number of thioether (sulfide) groups is 1. The van der Waals surface area contributed by atoms with Gasteiger partial charge in [-0.15, -0.1) is 0 Å². The zero-order valence-corrected chi connectivity index (χ0v) is 17.2. The van der Waals surface area contributed by atoms with Crippen LogP contribution in [-0.2, 0) is 24.9 Å². The number of nitrogens with zero attached hydrogens (tertiary/aromatic N) is 1. The summed E-state index contributed by atoms with van der Waals surface area (Å²) in [5, 5.41) is 3.70. The molecule has 0 unspecified atom stereocenters. The van der Waals surface area contributed by atoms with Gasteiger partial charge in [0.1, 0.15) is 11.2 Å². The van der Waals surface area contributed by atoms with Crippen molar-refractivity contribution in [1.29, 1.82) is 0 Å². The Hall–Kier alpha value is -2.42. The van der Waals surface area contributed by atoms with Gasteiger partial charge in [-0.1, -0.05) is 42.1 Å². The lowest BCUT2D eigenvalue weighted by molar-refractivity contribution is -0.0206. The van der Waals surface area contributed by atoms with Crippen LogP contribution in [0.3, 0.4) is 0 Å². The Kier molecular flexibility index (Phi) is 8.42. The molecule has 0 aliphatic carbocycles. The summed E-state index contributed by atoms with van der Waals surface area (Å²) in [6, 6.07) is 9.55. The average molecular weight is 398 g/mol. The van der Waals surface area contributed by atoms with Crippen molar-refractivity contribution in [3.8, 4) is 0 Å². The fourth-order valence-electron chi connectivity index (χ4n) is 1.50. The Balaban J connectivity index is 2.68. The second kappa shape index (κ2) is 10.1. The number of hydroxylamine groups is 1. The zero-order valence-electron chi connectivity index (χ0n) is 16.4. The van der Waals surface area contributed by atoms with E-state index in [4.69, 9.17) is 19.1 Å². The van der Waals surface area contributed by atoms with Gasteiger partial charge >= 0.3 is 12.3 Å². The standard InChI is InChI=1S/C18H26N2O6S/c1-17(2,3)23-15(21)25-19-14(20-26-16(22)24-18(4,5)6)27-12-13-10-8-7-9-11-13/h7-11H,12H2,1-6H3,(H,19,20). The molecule has 1 aromatic carbocycles. The first kappa shape index (κ1) is 22.6. The average Bonchev–Trinajstić information content (AvgIpc) is 2.51. The van der Waals surface area contributed by atoms with Gasteiger partial charge in [0.25, 0.3) is 0 Å². The third-order valence-electron chi connectivity index (χ3n) is 2.42. The van der Waals surface area contributed by atoms with Crippen molar-refractivity contribution in [1.82, 2.24) is 5.48 Å². The van der Waals surface area contributed by atoms with Gasteiger partial charge in [-0.3, -0.25) is 4.84 Å². The molecule has 150 valence electrons. The van der Waals surface area contributed by atoms with Gasteiger partial charge in [0.05, 0.1) is 0 Å². The van der Waals surface area contributed by atoms with Crippen molar-refractivity contribution in [2.24, 2.45) is 5.16 Å². The second-order valence-electron chi connectivity index (χ2n) is 7.39. The maximum Gasteiger partial charge on any atom is 0.535 e. The number of hydrogen-bond donors (Lipinski definition) is 1. The molecule has 0 heterocycles. The molecule has 0 radical (unpaired) electrons. The van der Waals surface area contributed by atoms with Crippen LogP contribution in [0.1, 0.15) is 47.1 Å². The van der Waals surface area contributed by atoms with Crippen LogP contribution in [0.25, 0.3) is 0 Å². The SMILES string of the molecule is CC(C)(C)OC(=O)O/N=C(\NOC(=O)OC(C)(C)C)SCc1ccccc1. The van der Waals surface area contributed by atoms with E-state index in [1.165, 1.54) is 11.8 Å². The van der Waals surface area contributed by atoms with Crippen LogP contribution < -0.4 is 5.48 Å². The summed E-state index contributed by atoms with van der Waals surface area (Å²) in [6.07, 6.45) is -1.91. The van der Waals surface area contributed by atoms with E-state index in [-0.39, 0.29) is 5.17 Å². The van der Waals surface area contributed by atoms with E-state index in [1.54, 1.807) is 41.5 Å². The Morgan fingerprint density at radius 2 is 1.52 bits per heavy atom. The van der Waals surface area contributed by atoms with Crippen LogP contribution in [0, 0.1) is 0 Å². The topological polar surface area (TPSA) is 95.5 Å². The molecule has 8 nitrogen and oxygen atoms in total. The van der Waals surface area contributed by atoms with Crippen LogP contribution in [0.5, 0.6) is 0 Å². The fourth-order valence-corrected chi connectivity index (χ4v) is 2.19. The Bertz CT molecular complexity index is 650. The van der Waals surface area contributed by atoms with E-state index in [0.717, 1.165) is 5.56 Å². The molecule has 0 aliphatic heterocycles. The first-order valence-electron chi connectivity index (χ1n) is 8.25. The molecule has 0 fully saturated rings. The summed E-state index contributed by atoms with van der Waals surface area (Å²) in [7, 11) is 0. The number of carbonyl (C=O) groups excluding carboxylic acids is 2. The van der Waals surface area contributed by atoms with E-state index >= 15 is 0 Å². The van der Waals surface area contributed by atoms with E-state index in [1.807, 2.05) is 30.3 Å².